The first kappa shape index (κ1) is 24.6. The van der Waals surface area contributed by atoms with Crippen LogP contribution in [0.25, 0.3) is 0 Å². The van der Waals surface area contributed by atoms with Gasteiger partial charge in [-0.05, 0) is 51.6 Å². The zero-order valence-corrected chi connectivity index (χ0v) is 18.5. The molecular formula is C19H28NO6PS. The van der Waals surface area contributed by atoms with Crippen LogP contribution in [0.5, 0.6) is 5.75 Å². The molecule has 0 aliphatic heterocycles. The van der Waals surface area contributed by atoms with E-state index in [4.69, 9.17) is 30.3 Å². The number of benzene rings is 1. The third-order valence-electron chi connectivity index (χ3n) is 3.38. The maximum Gasteiger partial charge on any atom is 0.323 e. The molecule has 0 aliphatic carbocycles. The van der Waals surface area contributed by atoms with Gasteiger partial charge in [-0.25, -0.2) is 5.09 Å². The quantitative estimate of drug-likeness (QED) is 0.315. The number of aliphatic hydroxyl groups excluding tert-OH is 1. The molecule has 0 fully saturated rings. The first-order chi connectivity index (χ1) is 13.2. The fourth-order valence-electron chi connectivity index (χ4n) is 2.03. The van der Waals surface area contributed by atoms with Crippen molar-refractivity contribution in [3.63, 3.8) is 0 Å². The van der Waals surface area contributed by atoms with Gasteiger partial charge in [-0.2, -0.15) is 0 Å². The van der Waals surface area contributed by atoms with Crippen molar-refractivity contribution in [2.75, 3.05) is 13.7 Å². The molecule has 2 N–H and O–H groups in total. The number of methoxy groups -OCH3 is 1. The van der Waals surface area contributed by atoms with E-state index in [9.17, 15) is 9.90 Å². The summed E-state index contributed by atoms with van der Waals surface area (Å²) in [5.74, 6) is 5.25. The Hall–Kier alpha value is -1.46. The molecule has 0 radical (unpaired) electrons. The Labute approximate surface area is 171 Å². The summed E-state index contributed by atoms with van der Waals surface area (Å²) in [6, 6.07) is 8.14. The van der Waals surface area contributed by atoms with Crippen molar-refractivity contribution in [3.05, 3.63) is 30.3 Å². The van der Waals surface area contributed by atoms with E-state index in [-0.39, 0.29) is 12.7 Å². The average molecular weight is 429 g/mol. The normalized spacial score (nSPS) is 16.2. The van der Waals surface area contributed by atoms with E-state index < -0.39 is 30.9 Å². The molecule has 0 aliphatic rings. The topological polar surface area (TPSA) is 86.3 Å². The van der Waals surface area contributed by atoms with Gasteiger partial charge in [-0.3, -0.25) is 4.79 Å². The molecule has 4 atom stereocenters. The van der Waals surface area contributed by atoms with Crippen molar-refractivity contribution in [1.29, 1.82) is 0 Å². The Morgan fingerprint density at radius 1 is 1.29 bits per heavy atom. The van der Waals surface area contributed by atoms with Crippen molar-refractivity contribution in [1.82, 2.24) is 5.09 Å². The van der Waals surface area contributed by atoms with E-state index in [1.807, 2.05) is 6.07 Å². The number of carbonyl (C=O) groups excluding carboxylic acids is 1. The highest BCUT2D eigenvalue weighted by Crippen LogP contribution is 2.45. The van der Waals surface area contributed by atoms with E-state index in [2.05, 4.69) is 16.9 Å². The zero-order chi connectivity index (χ0) is 21.2. The van der Waals surface area contributed by atoms with Gasteiger partial charge in [0.1, 0.15) is 24.0 Å². The molecule has 0 heterocycles. The Bertz CT molecular complexity index is 718. The molecular weight excluding hydrogens is 401 g/mol. The van der Waals surface area contributed by atoms with Crippen molar-refractivity contribution >= 4 is 24.4 Å². The monoisotopic (exact) mass is 429 g/mol. The van der Waals surface area contributed by atoms with Crippen LogP contribution < -0.4 is 9.61 Å². The van der Waals surface area contributed by atoms with Gasteiger partial charge in [0.15, 0.2) is 0 Å². The minimum atomic E-state index is -3.18. The van der Waals surface area contributed by atoms with Crippen LogP contribution in [-0.4, -0.2) is 49.1 Å². The number of aliphatic hydroxyl groups is 1. The van der Waals surface area contributed by atoms with Gasteiger partial charge in [0.2, 0.25) is 0 Å². The number of nitrogens with one attached hydrogen (secondary N) is 1. The molecule has 1 aromatic carbocycles. The lowest BCUT2D eigenvalue weighted by Gasteiger charge is -2.28. The molecule has 0 amide bonds. The third kappa shape index (κ3) is 8.70. The van der Waals surface area contributed by atoms with Crippen LogP contribution in [0.2, 0.25) is 0 Å². The fraction of sp³-hybridized carbons (Fsp3) is 0.526. The number of hydrogen-bond acceptors (Lipinski definition) is 7. The molecule has 1 aromatic rings. The van der Waals surface area contributed by atoms with E-state index in [1.165, 1.54) is 7.11 Å². The van der Waals surface area contributed by atoms with Gasteiger partial charge in [0.25, 0.3) is 0 Å². The van der Waals surface area contributed by atoms with Crippen LogP contribution in [0.15, 0.2) is 30.3 Å². The summed E-state index contributed by atoms with van der Waals surface area (Å²) in [6.07, 6.45) is -2.03. The maximum absolute atomic E-state index is 12.2. The number of hydrogen-bond donors (Lipinski definition) is 2. The highest BCUT2D eigenvalue weighted by Gasteiger charge is 2.30. The first-order valence-electron chi connectivity index (χ1n) is 8.81. The molecule has 28 heavy (non-hydrogen) atoms. The summed E-state index contributed by atoms with van der Waals surface area (Å²) >= 11 is 5.58. The minimum absolute atomic E-state index is 0.0740. The van der Waals surface area contributed by atoms with Crippen molar-refractivity contribution < 1.29 is 28.4 Å². The summed E-state index contributed by atoms with van der Waals surface area (Å²) in [6.45, 7) is 3.50. The largest absolute Gasteiger partial charge is 0.462 e. The molecule has 0 aromatic heterocycles. The second-order valence-electron chi connectivity index (χ2n) is 6.15. The van der Waals surface area contributed by atoms with Gasteiger partial charge in [-0.1, -0.05) is 24.1 Å². The number of esters is 1. The molecule has 0 spiro atoms. The van der Waals surface area contributed by atoms with E-state index >= 15 is 0 Å². The van der Waals surface area contributed by atoms with Crippen LogP contribution in [0, 0.1) is 11.8 Å². The highest BCUT2D eigenvalue weighted by molar-refractivity contribution is 8.09. The van der Waals surface area contributed by atoms with Crippen LogP contribution >= 0.6 is 6.64 Å². The lowest BCUT2D eigenvalue weighted by molar-refractivity contribution is -0.149. The smallest absolute Gasteiger partial charge is 0.323 e. The fourth-order valence-corrected chi connectivity index (χ4v) is 4.45. The standard InChI is InChI=1S/C19H28NO6PS/c1-6-10-17(21)18(23-5)13-24-27(28,26-16-11-8-7-9-12-16)20-15(4)19(22)25-14(2)3/h7-9,11-12,14-15,17-18,21H,13H2,1-5H3,(H,20,28)/t15?,17-,18?,27?/m0/s1. The Balaban J connectivity index is 2.95. The van der Waals surface area contributed by atoms with E-state index in [0.29, 0.717) is 5.75 Å². The number of rotatable bonds is 11. The Kier molecular flexibility index (Phi) is 10.7. The molecule has 0 saturated carbocycles. The summed E-state index contributed by atoms with van der Waals surface area (Å²) < 4.78 is 22.1. The van der Waals surface area contributed by atoms with Gasteiger partial charge in [0.05, 0.1) is 12.7 Å². The first-order valence-corrected chi connectivity index (χ1v) is 11.4. The third-order valence-corrected chi connectivity index (χ3v) is 5.88. The van der Waals surface area contributed by atoms with Gasteiger partial charge >= 0.3 is 12.6 Å². The Morgan fingerprint density at radius 2 is 1.93 bits per heavy atom. The van der Waals surface area contributed by atoms with Gasteiger partial charge < -0.3 is 23.6 Å². The van der Waals surface area contributed by atoms with E-state index in [1.54, 1.807) is 52.0 Å². The highest BCUT2D eigenvalue weighted by atomic mass is 32.5. The predicted molar refractivity (Wildman–Crippen MR) is 111 cm³/mol. The predicted octanol–water partition coefficient (Wildman–Crippen LogP) is 2.64. The van der Waals surface area contributed by atoms with E-state index in [0.717, 1.165) is 0 Å². The van der Waals surface area contributed by atoms with Crippen LogP contribution in [0.3, 0.4) is 0 Å². The van der Waals surface area contributed by atoms with Gasteiger partial charge in [-0.15, -0.1) is 5.92 Å². The molecule has 9 heteroatoms. The van der Waals surface area contributed by atoms with Crippen molar-refractivity contribution in [2.24, 2.45) is 0 Å². The maximum atomic E-state index is 12.2. The Morgan fingerprint density at radius 3 is 2.46 bits per heavy atom. The van der Waals surface area contributed by atoms with Gasteiger partial charge in [0, 0.05) is 7.11 Å². The summed E-state index contributed by atoms with van der Waals surface area (Å²) in [5.41, 5.74) is 0. The molecule has 3 unspecified atom stereocenters. The summed E-state index contributed by atoms with van der Waals surface area (Å²) in [5, 5.41) is 13.0. The zero-order valence-electron chi connectivity index (χ0n) is 16.7. The molecule has 0 saturated heterocycles. The average Bonchev–Trinajstić information content (AvgIpc) is 2.62. The minimum Gasteiger partial charge on any atom is -0.462 e. The van der Waals surface area contributed by atoms with Crippen molar-refractivity contribution in [2.45, 2.75) is 52.0 Å². The number of ether oxygens (including phenoxy) is 2. The molecule has 1 rings (SSSR count). The van der Waals surface area contributed by atoms with Crippen LogP contribution in [-0.2, 0) is 30.6 Å². The molecule has 156 valence electrons. The second kappa shape index (κ2) is 12.2. The van der Waals surface area contributed by atoms with Crippen LogP contribution in [0.4, 0.5) is 0 Å². The lowest BCUT2D eigenvalue weighted by atomic mass is 10.2. The SMILES string of the molecule is CC#C[C@H](O)C(COP(=S)(NC(C)C(=O)OC(C)C)Oc1ccccc1)OC. The van der Waals surface area contributed by atoms with Crippen LogP contribution in [0.1, 0.15) is 27.7 Å². The molecule has 7 nitrogen and oxygen atoms in total. The second-order valence-corrected chi connectivity index (χ2v) is 9.28. The number of carbonyl (C=O) groups is 1. The molecule has 0 bridgehead atoms. The summed E-state index contributed by atoms with van der Waals surface area (Å²) in [7, 11) is 1.44. The summed E-state index contributed by atoms with van der Waals surface area (Å²) in [4.78, 5) is 12.2. The lowest BCUT2D eigenvalue weighted by Crippen LogP contribution is -2.37. The number of para-hydroxylation sites is 1. The van der Waals surface area contributed by atoms with Crippen molar-refractivity contribution in [3.8, 4) is 17.6 Å².